The van der Waals surface area contributed by atoms with Gasteiger partial charge in [0.15, 0.2) is 0 Å². The van der Waals surface area contributed by atoms with E-state index < -0.39 is 10.8 Å². The fraction of sp³-hybridized carbons (Fsp3) is 1.00. The van der Waals surface area contributed by atoms with Gasteiger partial charge in [0.25, 0.3) is 0 Å². The molecule has 0 saturated carbocycles. The first-order chi connectivity index (χ1) is 7.68. The van der Waals surface area contributed by atoms with Crippen LogP contribution in [0.1, 0.15) is 32.6 Å². The highest BCUT2D eigenvalue weighted by Crippen LogP contribution is 2.29. The zero-order valence-corrected chi connectivity index (χ0v) is 11.0. The van der Waals surface area contributed by atoms with Crippen LogP contribution in [0.5, 0.6) is 0 Å². The van der Waals surface area contributed by atoms with E-state index in [4.69, 9.17) is 4.74 Å². The summed E-state index contributed by atoms with van der Waals surface area (Å²) in [6, 6.07) is 0.595. The van der Waals surface area contributed by atoms with E-state index in [0.29, 0.717) is 11.5 Å². The Bertz CT molecular complexity index is 241. The third-order valence-electron chi connectivity index (χ3n) is 3.91. The maximum absolute atomic E-state index is 11.2. The van der Waals surface area contributed by atoms with Crippen molar-refractivity contribution in [2.75, 3.05) is 31.3 Å². The van der Waals surface area contributed by atoms with Crippen molar-refractivity contribution in [1.82, 2.24) is 5.32 Å². The second-order valence-electron chi connectivity index (χ2n) is 5.43. The van der Waals surface area contributed by atoms with E-state index in [9.17, 15) is 4.21 Å². The van der Waals surface area contributed by atoms with Crippen LogP contribution >= 0.6 is 0 Å². The molecule has 3 nitrogen and oxygen atoms in total. The van der Waals surface area contributed by atoms with Gasteiger partial charge in [-0.25, -0.2) is 0 Å². The smallest absolute Gasteiger partial charge is 0.0471 e. The van der Waals surface area contributed by atoms with Crippen LogP contribution in [0.15, 0.2) is 0 Å². The molecule has 2 fully saturated rings. The highest BCUT2D eigenvalue weighted by atomic mass is 32.2. The SMILES string of the molecule is CC1(CNC2CCS(=O)CC2)CCOCC1. The lowest BCUT2D eigenvalue weighted by Crippen LogP contribution is -2.43. The Kier molecular flexibility index (Phi) is 4.39. The van der Waals surface area contributed by atoms with Gasteiger partial charge in [-0.1, -0.05) is 6.92 Å². The van der Waals surface area contributed by atoms with Crippen molar-refractivity contribution in [2.24, 2.45) is 5.41 Å². The van der Waals surface area contributed by atoms with Gasteiger partial charge in [0.1, 0.15) is 0 Å². The molecule has 2 rings (SSSR count). The predicted molar refractivity (Wildman–Crippen MR) is 67.1 cm³/mol. The second-order valence-corrected chi connectivity index (χ2v) is 7.12. The van der Waals surface area contributed by atoms with E-state index in [1.807, 2.05) is 0 Å². The molecule has 0 aliphatic carbocycles. The van der Waals surface area contributed by atoms with Crippen LogP contribution in [0.3, 0.4) is 0 Å². The summed E-state index contributed by atoms with van der Waals surface area (Å²) in [6.07, 6.45) is 4.50. The van der Waals surface area contributed by atoms with Gasteiger partial charge in [-0.2, -0.15) is 0 Å². The molecule has 0 unspecified atom stereocenters. The normalized spacial score (nSPS) is 34.8. The first kappa shape index (κ1) is 12.5. The van der Waals surface area contributed by atoms with Crippen LogP contribution in [-0.2, 0) is 15.5 Å². The van der Waals surface area contributed by atoms with E-state index >= 15 is 0 Å². The monoisotopic (exact) mass is 245 g/mol. The molecule has 0 aromatic heterocycles. The summed E-state index contributed by atoms with van der Waals surface area (Å²) in [4.78, 5) is 0. The Morgan fingerprint density at radius 2 is 1.94 bits per heavy atom. The van der Waals surface area contributed by atoms with Crippen molar-refractivity contribution in [1.29, 1.82) is 0 Å². The van der Waals surface area contributed by atoms with E-state index in [-0.39, 0.29) is 0 Å². The minimum atomic E-state index is -0.540. The first-order valence-corrected chi connectivity index (χ1v) is 7.83. The zero-order chi connectivity index (χ0) is 11.4. The second kappa shape index (κ2) is 5.61. The van der Waals surface area contributed by atoms with Crippen LogP contribution in [0.2, 0.25) is 0 Å². The maximum Gasteiger partial charge on any atom is 0.0471 e. The van der Waals surface area contributed by atoms with E-state index in [0.717, 1.165) is 44.1 Å². The van der Waals surface area contributed by atoms with Crippen molar-refractivity contribution in [2.45, 2.75) is 38.6 Å². The van der Waals surface area contributed by atoms with Crippen LogP contribution in [0.25, 0.3) is 0 Å². The molecule has 4 heteroatoms. The molecule has 0 radical (unpaired) electrons. The maximum atomic E-state index is 11.2. The third kappa shape index (κ3) is 3.54. The molecule has 0 atom stereocenters. The van der Waals surface area contributed by atoms with E-state index in [1.54, 1.807) is 0 Å². The molecule has 2 aliphatic heterocycles. The lowest BCUT2D eigenvalue weighted by atomic mass is 9.82. The van der Waals surface area contributed by atoms with Gasteiger partial charge in [0.2, 0.25) is 0 Å². The average Bonchev–Trinajstić information content (AvgIpc) is 2.29. The molecule has 1 N–H and O–H groups in total. The van der Waals surface area contributed by atoms with Gasteiger partial charge in [-0.3, -0.25) is 4.21 Å². The van der Waals surface area contributed by atoms with Crippen LogP contribution in [-0.4, -0.2) is 41.5 Å². The predicted octanol–water partition coefficient (Wildman–Crippen LogP) is 1.30. The van der Waals surface area contributed by atoms with Crippen LogP contribution in [0.4, 0.5) is 0 Å². The number of ether oxygens (including phenoxy) is 1. The van der Waals surface area contributed by atoms with Gasteiger partial charge in [0.05, 0.1) is 0 Å². The van der Waals surface area contributed by atoms with Crippen molar-refractivity contribution < 1.29 is 8.95 Å². The summed E-state index contributed by atoms with van der Waals surface area (Å²) in [5.74, 6) is 1.77. The van der Waals surface area contributed by atoms with E-state index in [1.165, 1.54) is 12.8 Å². The Balaban J connectivity index is 1.71. The van der Waals surface area contributed by atoms with Crippen molar-refractivity contribution in [3.8, 4) is 0 Å². The molecular weight excluding hydrogens is 222 g/mol. The Morgan fingerprint density at radius 1 is 1.31 bits per heavy atom. The number of hydrogen-bond donors (Lipinski definition) is 1. The Morgan fingerprint density at radius 3 is 2.56 bits per heavy atom. The molecule has 2 heterocycles. The molecule has 94 valence electrons. The highest BCUT2D eigenvalue weighted by Gasteiger charge is 2.28. The molecule has 0 aromatic carbocycles. The van der Waals surface area contributed by atoms with Gasteiger partial charge < -0.3 is 10.1 Å². The Labute approximate surface area is 101 Å². The first-order valence-electron chi connectivity index (χ1n) is 6.34. The Hall–Kier alpha value is 0.0700. The summed E-state index contributed by atoms with van der Waals surface area (Å²) in [7, 11) is -0.540. The quantitative estimate of drug-likeness (QED) is 0.814. The lowest BCUT2D eigenvalue weighted by molar-refractivity contribution is 0.0227. The minimum Gasteiger partial charge on any atom is -0.381 e. The number of rotatable bonds is 3. The fourth-order valence-electron chi connectivity index (χ4n) is 2.43. The van der Waals surface area contributed by atoms with Gasteiger partial charge >= 0.3 is 0 Å². The van der Waals surface area contributed by atoms with Crippen molar-refractivity contribution in [3.05, 3.63) is 0 Å². The van der Waals surface area contributed by atoms with Crippen molar-refractivity contribution >= 4 is 10.8 Å². The molecule has 0 spiro atoms. The fourth-order valence-corrected chi connectivity index (χ4v) is 3.73. The summed E-state index contributed by atoms with van der Waals surface area (Å²) < 4.78 is 16.6. The molecular formula is C12H23NO2S. The minimum absolute atomic E-state index is 0.412. The molecule has 0 aromatic rings. The standard InChI is InChI=1S/C12H23NO2S/c1-12(4-6-15-7-5-12)10-13-11-2-8-16(14)9-3-11/h11,13H,2-10H2,1H3. The van der Waals surface area contributed by atoms with Crippen LogP contribution in [0, 0.1) is 5.41 Å². The summed E-state index contributed by atoms with van der Waals surface area (Å²) >= 11 is 0. The van der Waals surface area contributed by atoms with Gasteiger partial charge in [0, 0.05) is 48.1 Å². The zero-order valence-electron chi connectivity index (χ0n) is 10.2. The molecule has 2 aliphatic rings. The number of nitrogens with one attached hydrogen (secondary N) is 1. The summed E-state index contributed by atoms with van der Waals surface area (Å²) in [6.45, 7) is 5.26. The summed E-state index contributed by atoms with van der Waals surface area (Å²) in [5, 5.41) is 3.66. The van der Waals surface area contributed by atoms with Gasteiger partial charge in [-0.15, -0.1) is 0 Å². The average molecular weight is 245 g/mol. The topological polar surface area (TPSA) is 38.3 Å². The molecule has 16 heavy (non-hydrogen) atoms. The lowest BCUT2D eigenvalue weighted by Gasteiger charge is -2.35. The van der Waals surface area contributed by atoms with Crippen LogP contribution < -0.4 is 5.32 Å². The van der Waals surface area contributed by atoms with Gasteiger partial charge in [-0.05, 0) is 31.1 Å². The molecule has 0 amide bonds. The summed E-state index contributed by atoms with van der Waals surface area (Å²) in [5.41, 5.74) is 0.412. The largest absolute Gasteiger partial charge is 0.381 e. The molecule has 0 bridgehead atoms. The highest BCUT2D eigenvalue weighted by molar-refractivity contribution is 7.85. The third-order valence-corrected chi connectivity index (χ3v) is 5.29. The number of hydrogen-bond acceptors (Lipinski definition) is 3. The molecule has 2 saturated heterocycles. The van der Waals surface area contributed by atoms with E-state index in [2.05, 4.69) is 12.2 Å². The van der Waals surface area contributed by atoms with Crippen molar-refractivity contribution in [3.63, 3.8) is 0 Å².